The number of hydrogen-bond donors (Lipinski definition) is 2. The second kappa shape index (κ2) is 6.50. The molecule has 1 aliphatic heterocycles. The third-order valence-electron chi connectivity index (χ3n) is 3.09. The van der Waals surface area contributed by atoms with Gasteiger partial charge in [-0.15, -0.1) is 0 Å². The molecule has 100 valence electrons. The fraction of sp³-hybridized carbons (Fsp3) is 0.571. The predicted octanol–water partition coefficient (Wildman–Crippen LogP) is 2.51. The Bertz CT molecular complexity index is 376. The summed E-state index contributed by atoms with van der Waals surface area (Å²) >= 11 is 0. The molecule has 1 fully saturated rings. The van der Waals surface area contributed by atoms with E-state index in [0.29, 0.717) is 18.2 Å². The van der Waals surface area contributed by atoms with Crippen molar-refractivity contribution in [2.24, 2.45) is 5.92 Å². The molecule has 4 nitrogen and oxygen atoms in total. The predicted molar refractivity (Wildman–Crippen MR) is 74.1 cm³/mol. The van der Waals surface area contributed by atoms with Gasteiger partial charge in [-0.25, -0.2) is 0 Å². The molecule has 0 aliphatic carbocycles. The first kappa shape index (κ1) is 13.0. The fourth-order valence-corrected chi connectivity index (χ4v) is 1.99. The molecule has 4 heteroatoms. The summed E-state index contributed by atoms with van der Waals surface area (Å²) in [5, 5.41) is 3.42. The molecule has 0 saturated carbocycles. The molecular formula is C14H22N2O2. The number of benzene rings is 1. The van der Waals surface area contributed by atoms with Crippen LogP contribution in [0.25, 0.3) is 0 Å². The van der Waals surface area contributed by atoms with Gasteiger partial charge in [-0.2, -0.15) is 0 Å². The van der Waals surface area contributed by atoms with Gasteiger partial charge in [0.25, 0.3) is 0 Å². The summed E-state index contributed by atoms with van der Waals surface area (Å²) in [5.74, 6) is 1.38. The largest absolute Gasteiger partial charge is 0.491 e. The fourth-order valence-electron chi connectivity index (χ4n) is 1.99. The standard InChI is InChI=1S/C14H22N2O2/c1-2-6-18-14-8-12(3-4-13(14)15)16-9-11-5-7-17-10-11/h3-4,8,11,16H,2,5-7,9-10,15H2,1H3. The maximum atomic E-state index is 5.88. The van der Waals surface area contributed by atoms with Crippen molar-refractivity contribution in [2.75, 3.05) is 37.4 Å². The first-order chi connectivity index (χ1) is 8.79. The molecule has 1 saturated heterocycles. The van der Waals surface area contributed by atoms with E-state index in [-0.39, 0.29) is 0 Å². The van der Waals surface area contributed by atoms with Gasteiger partial charge in [0, 0.05) is 30.8 Å². The van der Waals surface area contributed by atoms with Crippen molar-refractivity contribution in [1.29, 1.82) is 0 Å². The Morgan fingerprint density at radius 3 is 3.11 bits per heavy atom. The van der Waals surface area contributed by atoms with E-state index in [2.05, 4.69) is 12.2 Å². The second-order valence-corrected chi connectivity index (χ2v) is 4.71. The lowest BCUT2D eigenvalue weighted by molar-refractivity contribution is 0.187. The second-order valence-electron chi connectivity index (χ2n) is 4.71. The highest BCUT2D eigenvalue weighted by atomic mass is 16.5. The monoisotopic (exact) mass is 250 g/mol. The maximum absolute atomic E-state index is 5.88. The van der Waals surface area contributed by atoms with E-state index in [1.807, 2.05) is 18.2 Å². The van der Waals surface area contributed by atoms with E-state index in [0.717, 1.165) is 44.0 Å². The lowest BCUT2D eigenvalue weighted by Gasteiger charge is -2.13. The Hall–Kier alpha value is -1.42. The lowest BCUT2D eigenvalue weighted by atomic mass is 10.1. The highest BCUT2D eigenvalue weighted by Crippen LogP contribution is 2.26. The quantitative estimate of drug-likeness (QED) is 0.762. The van der Waals surface area contributed by atoms with Crippen LogP contribution in [0.5, 0.6) is 5.75 Å². The van der Waals surface area contributed by atoms with Crippen molar-refractivity contribution < 1.29 is 9.47 Å². The van der Waals surface area contributed by atoms with Gasteiger partial charge in [-0.1, -0.05) is 6.92 Å². The van der Waals surface area contributed by atoms with Gasteiger partial charge in [0.2, 0.25) is 0 Å². The molecule has 0 spiro atoms. The molecule has 1 unspecified atom stereocenters. The SMILES string of the molecule is CCCOc1cc(NCC2CCOC2)ccc1N. The molecule has 1 atom stereocenters. The van der Waals surface area contributed by atoms with Gasteiger partial charge in [-0.3, -0.25) is 0 Å². The zero-order valence-electron chi connectivity index (χ0n) is 10.9. The summed E-state index contributed by atoms with van der Waals surface area (Å²) in [4.78, 5) is 0. The minimum atomic E-state index is 0.613. The van der Waals surface area contributed by atoms with Crippen LogP contribution in [-0.2, 0) is 4.74 Å². The molecule has 1 heterocycles. The first-order valence-electron chi connectivity index (χ1n) is 6.63. The molecule has 0 aromatic heterocycles. The van der Waals surface area contributed by atoms with Crippen LogP contribution in [0.3, 0.4) is 0 Å². The summed E-state index contributed by atoms with van der Waals surface area (Å²) in [6.07, 6.45) is 2.12. The molecule has 3 N–H and O–H groups in total. The molecule has 18 heavy (non-hydrogen) atoms. The molecule has 0 bridgehead atoms. The Morgan fingerprint density at radius 1 is 1.50 bits per heavy atom. The smallest absolute Gasteiger partial charge is 0.144 e. The summed E-state index contributed by atoms with van der Waals surface area (Å²) < 4.78 is 11.0. The van der Waals surface area contributed by atoms with E-state index in [9.17, 15) is 0 Å². The zero-order chi connectivity index (χ0) is 12.8. The highest BCUT2D eigenvalue weighted by Gasteiger charge is 2.15. The molecule has 1 aromatic rings. The third kappa shape index (κ3) is 3.53. The van der Waals surface area contributed by atoms with Crippen LogP contribution >= 0.6 is 0 Å². The minimum Gasteiger partial charge on any atom is -0.491 e. The number of rotatable bonds is 6. The van der Waals surface area contributed by atoms with Crippen LogP contribution in [0.15, 0.2) is 18.2 Å². The molecule has 0 radical (unpaired) electrons. The number of anilines is 2. The zero-order valence-corrected chi connectivity index (χ0v) is 10.9. The highest BCUT2D eigenvalue weighted by molar-refractivity contribution is 5.61. The summed E-state index contributed by atoms with van der Waals surface area (Å²) in [6.45, 7) is 5.47. The third-order valence-corrected chi connectivity index (χ3v) is 3.09. The van der Waals surface area contributed by atoms with Crippen LogP contribution in [-0.4, -0.2) is 26.4 Å². The number of hydrogen-bond acceptors (Lipinski definition) is 4. The van der Waals surface area contributed by atoms with Crippen LogP contribution in [0.4, 0.5) is 11.4 Å². The Kier molecular flexibility index (Phi) is 4.70. The molecule has 1 aliphatic rings. The Balaban J connectivity index is 1.91. The van der Waals surface area contributed by atoms with Crippen LogP contribution in [0, 0.1) is 5.92 Å². The molecule has 1 aromatic carbocycles. The first-order valence-corrected chi connectivity index (χ1v) is 6.63. The number of nitrogen functional groups attached to an aromatic ring is 1. The topological polar surface area (TPSA) is 56.5 Å². The van der Waals surface area contributed by atoms with E-state index < -0.39 is 0 Å². The van der Waals surface area contributed by atoms with Crippen molar-refractivity contribution in [3.63, 3.8) is 0 Å². The van der Waals surface area contributed by atoms with Gasteiger partial charge in [-0.05, 0) is 25.0 Å². The van der Waals surface area contributed by atoms with Gasteiger partial charge in [0.05, 0.1) is 18.9 Å². The van der Waals surface area contributed by atoms with Crippen molar-refractivity contribution in [1.82, 2.24) is 0 Å². The van der Waals surface area contributed by atoms with Crippen molar-refractivity contribution in [3.8, 4) is 5.75 Å². The average Bonchev–Trinajstić information content (AvgIpc) is 2.89. The average molecular weight is 250 g/mol. The normalized spacial score (nSPS) is 18.8. The van der Waals surface area contributed by atoms with Gasteiger partial charge < -0.3 is 20.5 Å². The molecule has 2 rings (SSSR count). The van der Waals surface area contributed by atoms with E-state index >= 15 is 0 Å². The van der Waals surface area contributed by atoms with Crippen molar-refractivity contribution >= 4 is 11.4 Å². The van der Waals surface area contributed by atoms with Crippen LogP contribution < -0.4 is 15.8 Å². The Morgan fingerprint density at radius 2 is 2.39 bits per heavy atom. The van der Waals surface area contributed by atoms with Gasteiger partial charge in [0.1, 0.15) is 5.75 Å². The van der Waals surface area contributed by atoms with E-state index in [1.54, 1.807) is 0 Å². The van der Waals surface area contributed by atoms with Gasteiger partial charge >= 0.3 is 0 Å². The van der Waals surface area contributed by atoms with Crippen LogP contribution in [0.1, 0.15) is 19.8 Å². The number of nitrogens with two attached hydrogens (primary N) is 1. The lowest BCUT2D eigenvalue weighted by Crippen LogP contribution is -2.14. The van der Waals surface area contributed by atoms with Gasteiger partial charge in [0.15, 0.2) is 0 Å². The molecule has 0 amide bonds. The number of nitrogens with one attached hydrogen (secondary N) is 1. The number of ether oxygens (including phenoxy) is 2. The maximum Gasteiger partial charge on any atom is 0.144 e. The Labute approximate surface area is 108 Å². The van der Waals surface area contributed by atoms with Crippen molar-refractivity contribution in [3.05, 3.63) is 18.2 Å². The van der Waals surface area contributed by atoms with Crippen molar-refractivity contribution in [2.45, 2.75) is 19.8 Å². The van der Waals surface area contributed by atoms with Crippen LogP contribution in [0.2, 0.25) is 0 Å². The van der Waals surface area contributed by atoms with E-state index in [4.69, 9.17) is 15.2 Å². The summed E-state index contributed by atoms with van der Waals surface area (Å²) in [6, 6.07) is 5.85. The minimum absolute atomic E-state index is 0.613. The summed E-state index contributed by atoms with van der Waals surface area (Å²) in [7, 11) is 0. The summed E-state index contributed by atoms with van der Waals surface area (Å²) in [5.41, 5.74) is 7.63. The molecular weight excluding hydrogens is 228 g/mol. The van der Waals surface area contributed by atoms with E-state index in [1.165, 1.54) is 0 Å².